The van der Waals surface area contributed by atoms with Gasteiger partial charge in [-0.05, 0) is 12.1 Å². The van der Waals surface area contributed by atoms with Gasteiger partial charge in [-0.3, -0.25) is 4.55 Å². The summed E-state index contributed by atoms with van der Waals surface area (Å²) in [4.78, 5) is 10.2. The zero-order chi connectivity index (χ0) is 19.1. The Bertz CT molecular complexity index is 1050. The number of rotatable bonds is 3. The van der Waals surface area contributed by atoms with Crippen molar-refractivity contribution < 1.29 is 26.1 Å². The van der Waals surface area contributed by atoms with Crippen LogP contribution in [0.2, 0.25) is 0 Å². The molecule has 0 saturated carbocycles. The van der Waals surface area contributed by atoms with Crippen LogP contribution in [0.4, 0.5) is 13.2 Å². The quantitative estimate of drug-likeness (QED) is 0.611. The van der Waals surface area contributed by atoms with Crippen molar-refractivity contribution in [1.82, 2.24) is 24.7 Å². The number of benzene rings is 1. The zero-order valence-electron chi connectivity index (χ0n) is 12.4. The van der Waals surface area contributed by atoms with Crippen LogP contribution >= 0.6 is 15.9 Å². The van der Waals surface area contributed by atoms with Gasteiger partial charge in [0.15, 0.2) is 5.82 Å². The summed E-state index contributed by atoms with van der Waals surface area (Å²) >= 11 is 3.22. The SMILES string of the molecule is O=S(=O)(O)c1cnc(-n2nc(C(F)(F)F)nc2-c2ccc(Br)cc2)nc1. The fourth-order valence-electron chi connectivity index (χ4n) is 1.91. The maximum atomic E-state index is 13.0. The van der Waals surface area contributed by atoms with E-state index in [1.165, 1.54) is 12.1 Å². The predicted molar refractivity (Wildman–Crippen MR) is 84.9 cm³/mol. The predicted octanol–water partition coefficient (Wildman–Crippen LogP) is 2.75. The average Bonchev–Trinajstić information content (AvgIpc) is 3.00. The fraction of sp³-hybridized carbons (Fsp3) is 0.0769. The number of nitrogens with zero attached hydrogens (tertiary/aromatic N) is 5. The molecule has 3 aromatic rings. The molecule has 1 N–H and O–H groups in total. The highest BCUT2D eigenvalue weighted by molar-refractivity contribution is 9.10. The van der Waals surface area contributed by atoms with Gasteiger partial charge in [-0.1, -0.05) is 28.1 Å². The van der Waals surface area contributed by atoms with Crippen LogP contribution in [0, 0.1) is 0 Å². The molecule has 3 rings (SSSR count). The molecule has 2 aromatic heterocycles. The molecule has 0 saturated heterocycles. The van der Waals surface area contributed by atoms with E-state index < -0.39 is 27.0 Å². The lowest BCUT2D eigenvalue weighted by atomic mass is 10.2. The number of alkyl halides is 3. The summed E-state index contributed by atoms with van der Waals surface area (Å²) in [6.07, 6.45) is -3.31. The molecule has 0 fully saturated rings. The molecule has 13 heteroatoms. The van der Waals surface area contributed by atoms with Gasteiger partial charge in [-0.15, -0.1) is 5.10 Å². The summed E-state index contributed by atoms with van der Waals surface area (Å²) in [7, 11) is -4.54. The highest BCUT2D eigenvalue weighted by atomic mass is 79.9. The fourth-order valence-corrected chi connectivity index (χ4v) is 2.55. The van der Waals surface area contributed by atoms with E-state index in [9.17, 15) is 21.6 Å². The van der Waals surface area contributed by atoms with Gasteiger partial charge in [-0.2, -0.15) is 26.3 Å². The van der Waals surface area contributed by atoms with E-state index in [4.69, 9.17) is 4.55 Å². The first-order valence-electron chi connectivity index (χ1n) is 6.66. The molecule has 0 atom stereocenters. The third kappa shape index (κ3) is 3.73. The van der Waals surface area contributed by atoms with Gasteiger partial charge in [0.25, 0.3) is 21.9 Å². The van der Waals surface area contributed by atoms with E-state index in [-0.39, 0.29) is 11.8 Å². The van der Waals surface area contributed by atoms with E-state index in [1.54, 1.807) is 12.1 Å². The molecule has 8 nitrogen and oxygen atoms in total. The molecule has 0 unspecified atom stereocenters. The Morgan fingerprint density at radius 3 is 2.15 bits per heavy atom. The summed E-state index contributed by atoms with van der Waals surface area (Å²) in [5.41, 5.74) is 0.304. The van der Waals surface area contributed by atoms with Crippen LogP contribution in [0.25, 0.3) is 17.3 Å². The Hall–Kier alpha value is -2.38. The molecule has 0 radical (unpaired) electrons. The summed E-state index contributed by atoms with van der Waals surface area (Å²) in [5, 5.41) is 3.37. The summed E-state index contributed by atoms with van der Waals surface area (Å²) in [5.74, 6) is -1.94. The zero-order valence-corrected chi connectivity index (χ0v) is 14.8. The smallest absolute Gasteiger partial charge is 0.282 e. The first kappa shape index (κ1) is 18.4. The van der Waals surface area contributed by atoms with E-state index >= 15 is 0 Å². The number of hydrogen-bond acceptors (Lipinski definition) is 6. The van der Waals surface area contributed by atoms with Gasteiger partial charge in [0.2, 0.25) is 0 Å². The Labute approximate surface area is 152 Å². The van der Waals surface area contributed by atoms with Crippen molar-refractivity contribution in [3.05, 3.63) is 47.0 Å². The summed E-state index contributed by atoms with van der Waals surface area (Å²) in [6.45, 7) is 0. The second-order valence-electron chi connectivity index (χ2n) is 4.87. The molecule has 0 aliphatic carbocycles. The van der Waals surface area contributed by atoms with Crippen molar-refractivity contribution in [3.8, 4) is 17.3 Å². The molecular weight excluding hydrogens is 443 g/mol. The van der Waals surface area contributed by atoms with Gasteiger partial charge in [-0.25, -0.2) is 15.0 Å². The standard InChI is InChI=1S/C13H7BrF3N5O3S/c14-8-3-1-7(2-4-8)10-20-11(13(15,16)17)21-22(10)12-18-5-9(6-19-12)26(23,24)25/h1-6H,(H,23,24,25). The van der Waals surface area contributed by atoms with Gasteiger partial charge in [0.05, 0.1) is 12.4 Å². The molecule has 0 aliphatic heterocycles. The Morgan fingerprint density at radius 2 is 1.65 bits per heavy atom. The molecule has 0 spiro atoms. The van der Waals surface area contributed by atoms with Crippen LogP contribution in [0.5, 0.6) is 0 Å². The monoisotopic (exact) mass is 449 g/mol. The highest BCUT2D eigenvalue weighted by Gasteiger charge is 2.37. The molecule has 136 valence electrons. The topological polar surface area (TPSA) is 111 Å². The Kier molecular flexibility index (Phi) is 4.54. The largest absolute Gasteiger partial charge is 0.453 e. The maximum absolute atomic E-state index is 13.0. The first-order valence-corrected chi connectivity index (χ1v) is 8.89. The van der Waals surface area contributed by atoms with E-state index in [2.05, 4.69) is 36.0 Å². The Balaban J connectivity index is 2.16. The molecular formula is C13H7BrF3N5O3S. The summed E-state index contributed by atoms with van der Waals surface area (Å²) in [6, 6.07) is 6.22. The molecule has 2 heterocycles. The van der Waals surface area contributed by atoms with E-state index in [0.717, 1.165) is 17.1 Å². The highest BCUT2D eigenvalue weighted by Crippen LogP contribution is 2.30. The van der Waals surface area contributed by atoms with Gasteiger partial charge in [0, 0.05) is 10.0 Å². The normalized spacial score (nSPS) is 12.3. The van der Waals surface area contributed by atoms with Crippen molar-refractivity contribution in [1.29, 1.82) is 0 Å². The van der Waals surface area contributed by atoms with Crippen LogP contribution < -0.4 is 0 Å². The van der Waals surface area contributed by atoms with Gasteiger partial charge >= 0.3 is 6.18 Å². The number of hydrogen-bond donors (Lipinski definition) is 1. The number of aromatic nitrogens is 5. The second kappa shape index (κ2) is 6.41. The lowest BCUT2D eigenvalue weighted by Crippen LogP contribution is -2.10. The number of halogens is 4. The van der Waals surface area contributed by atoms with Crippen LogP contribution in [0.1, 0.15) is 5.82 Å². The van der Waals surface area contributed by atoms with Crippen LogP contribution in [-0.4, -0.2) is 37.7 Å². The lowest BCUT2D eigenvalue weighted by Gasteiger charge is -2.04. The maximum Gasteiger partial charge on any atom is 0.453 e. The van der Waals surface area contributed by atoms with Crippen molar-refractivity contribution in [2.45, 2.75) is 11.1 Å². The average molecular weight is 450 g/mol. The molecule has 26 heavy (non-hydrogen) atoms. The van der Waals surface area contributed by atoms with Crippen molar-refractivity contribution in [3.63, 3.8) is 0 Å². The first-order chi connectivity index (χ1) is 12.1. The molecule has 0 amide bonds. The third-order valence-corrected chi connectivity index (χ3v) is 4.40. The molecule has 0 aliphatic rings. The van der Waals surface area contributed by atoms with Crippen molar-refractivity contribution in [2.75, 3.05) is 0 Å². The van der Waals surface area contributed by atoms with Crippen LogP contribution in [0.15, 0.2) is 46.0 Å². The lowest BCUT2D eigenvalue weighted by molar-refractivity contribution is -0.144. The molecule has 1 aromatic carbocycles. The van der Waals surface area contributed by atoms with Gasteiger partial charge < -0.3 is 0 Å². The van der Waals surface area contributed by atoms with E-state index in [1.807, 2.05) is 0 Å². The minimum atomic E-state index is -4.80. The minimum absolute atomic E-state index is 0.190. The van der Waals surface area contributed by atoms with Crippen LogP contribution in [0.3, 0.4) is 0 Å². The van der Waals surface area contributed by atoms with Crippen LogP contribution in [-0.2, 0) is 16.3 Å². The van der Waals surface area contributed by atoms with Crippen molar-refractivity contribution >= 4 is 26.0 Å². The van der Waals surface area contributed by atoms with E-state index in [0.29, 0.717) is 10.0 Å². The minimum Gasteiger partial charge on any atom is -0.282 e. The Morgan fingerprint density at radius 1 is 1.08 bits per heavy atom. The second-order valence-corrected chi connectivity index (χ2v) is 7.21. The van der Waals surface area contributed by atoms with Gasteiger partial charge in [0.1, 0.15) is 4.90 Å². The third-order valence-electron chi connectivity index (χ3n) is 3.06. The molecule has 0 bridgehead atoms. The summed E-state index contributed by atoms with van der Waals surface area (Å²) < 4.78 is 71.4. The van der Waals surface area contributed by atoms with Crippen molar-refractivity contribution in [2.24, 2.45) is 0 Å².